The summed E-state index contributed by atoms with van der Waals surface area (Å²) in [6.45, 7) is 0. The quantitative estimate of drug-likeness (QED) is 0.809. The summed E-state index contributed by atoms with van der Waals surface area (Å²) in [6.07, 6.45) is 5.56. The zero-order valence-electron chi connectivity index (χ0n) is 9.98. The Morgan fingerprint density at radius 1 is 1.41 bits per heavy atom. The summed E-state index contributed by atoms with van der Waals surface area (Å²) in [7, 11) is 0. The van der Waals surface area contributed by atoms with E-state index in [1.807, 2.05) is 23.9 Å². The van der Waals surface area contributed by atoms with Crippen LogP contribution in [0.5, 0.6) is 0 Å². The van der Waals surface area contributed by atoms with Crippen molar-refractivity contribution in [3.8, 4) is 0 Å². The Kier molecular flexibility index (Phi) is 3.94. The normalized spacial score (nSPS) is 23.6. The van der Waals surface area contributed by atoms with Gasteiger partial charge in [0.15, 0.2) is 0 Å². The predicted octanol–water partition coefficient (Wildman–Crippen LogP) is 2.28. The maximum atomic E-state index is 12.1. The molecule has 2 unspecified atom stereocenters. The van der Waals surface area contributed by atoms with Gasteiger partial charge in [-0.3, -0.25) is 4.79 Å². The number of nitrogens with one attached hydrogen (secondary N) is 1. The molecular formula is C13H18N2OS. The average molecular weight is 250 g/mol. The molecule has 17 heavy (non-hydrogen) atoms. The van der Waals surface area contributed by atoms with Gasteiger partial charge in [0, 0.05) is 17.0 Å². The van der Waals surface area contributed by atoms with E-state index in [9.17, 15) is 4.79 Å². The monoisotopic (exact) mass is 250 g/mol. The Morgan fingerprint density at radius 2 is 2.18 bits per heavy atom. The lowest BCUT2D eigenvalue weighted by atomic mass is 10.1. The topological polar surface area (TPSA) is 55.1 Å². The highest BCUT2D eigenvalue weighted by Crippen LogP contribution is 2.28. The highest BCUT2D eigenvalue weighted by molar-refractivity contribution is 7.99. The number of nitrogens with two attached hydrogens (primary N) is 1. The van der Waals surface area contributed by atoms with Gasteiger partial charge in [-0.25, -0.2) is 0 Å². The number of hydrogen-bond acceptors (Lipinski definition) is 3. The third-order valence-corrected chi connectivity index (χ3v) is 4.45. The highest BCUT2D eigenvalue weighted by atomic mass is 32.2. The molecule has 4 heteroatoms. The van der Waals surface area contributed by atoms with Crippen LogP contribution in [0.1, 0.15) is 29.6 Å². The molecule has 0 aliphatic heterocycles. The second-order valence-corrected chi connectivity index (χ2v) is 5.45. The molecule has 3 N–H and O–H groups in total. The van der Waals surface area contributed by atoms with Crippen molar-refractivity contribution in [3.05, 3.63) is 29.8 Å². The van der Waals surface area contributed by atoms with Crippen LogP contribution in [-0.2, 0) is 0 Å². The van der Waals surface area contributed by atoms with Crippen LogP contribution in [0.15, 0.2) is 24.3 Å². The summed E-state index contributed by atoms with van der Waals surface area (Å²) in [5.74, 6) is -0.0472. The van der Waals surface area contributed by atoms with Crippen molar-refractivity contribution in [1.29, 1.82) is 0 Å². The van der Waals surface area contributed by atoms with Crippen LogP contribution in [-0.4, -0.2) is 23.5 Å². The molecule has 0 aromatic heterocycles. The molecule has 1 amide bonds. The van der Waals surface area contributed by atoms with Crippen molar-refractivity contribution in [2.24, 2.45) is 0 Å². The molecule has 92 valence electrons. The number of benzene rings is 1. The fourth-order valence-electron chi connectivity index (χ4n) is 2.32. The van der Waals surface area contributed by atoms with Crippen LogP contribution in [0.3, 0.4) is 0 Å². The van der Waals surface area contributed by atoms with Gasteiger partial charge in [-0.1, -0.05) is 18.6 Å². The molecule has 1 aromatic carbocycles. The number of nitrogen functional groups attached to an aromatic ring is 1. The number of thioether (sulfide) groups is 1. The van der Waals surface area contributed by atoms with E-state index in [0.717, 1.165) is 6.42 Å². The number of hydrogen-bond donors (Lipinski definition) is 2. The van der Waals surface area contributed by atoms with Gasteiger partial charge < -0.3 is 11.1 Å². The zero-order chi connectivity index (χ0) is 12.3. The number of amides is 1. The molecule has 2 atom stereocenters. The molecule has 0 bridgehead atoms. The Morgan fingerprint density at radius 3 is 2.88 bits per heavy atom. The Bertz CT molecular complexity index is 408. The minimum Gasteiger partial charge on any atom is -0.398 e. The van der Waals surface area contributed by atoms with Gasteiger partial charge in [-0.05, 0) is 31.2 Å². The van der Waals surface area contributed by atoms with Gasteiger partial charge in [0.25, 0.3) is 5.91 Å². The van der Waals surface area contributed by atoms with E-state index < -0.39 is 0 Å². The zero-order valence-corrected chi connectivity index (χ0v) is 10.8. The Balaban J connectivity index is 2.04. The second-order valence-electron chi connectivity index (χ2n) is 4.37. The number of rotatable bonds is 3. The van der Waals surface area contributed by atoms with E-state index in [1.54, 1.807) is 12.1 Å². The van der Waals surface area contributed by atoms with Crippen molar-refractivity contribution in [1.82, 2.24) is 5.32 Å². The van der Waals surface area contributed by atoms with E-state index in [1.165, 1.54) is 12.8 Å². The lowest BCUT2D eigenvalue weighted by Crippen LogP contribution is -2.38. The average Bonchev–Trinajstić information content (AvgIpc) is 2.76. The van der Waals surface area contributed by atoms with Crippen molar-refractivity contribution in [2.75, 3.05) is 12.0 Å². The summed E-state index contributed by atoms with van der Waals surface area (Å²) < 4.78 is 0. The van der Waals surface area contributed by atoms with Crippen LogP contribution < -0.4 is 11.1 Å². The number of para-hydroxylation sites is 1. The lowest BCUT2D eigenvalue weighted by Gasteiger charge is -2.19. The summed E-state index contributed by atoms with van der Waals surface area (Å²) in [5, 5.41) is 3.64. The van der Waals surface area contributed by atoms with E-state index in [-0.39, 0.29) is 11.9 Å². The van der Waals surface area contributed by atoms with Gasteiger partial charge in [0.1, 0.15) is 0 Å². The third-order valence-electron chi connectivity index (χ3n) is 3.28. The van der Waals surface area contributed by atoms with Crippen molar-refractivity contribution in [3.63, 3.8) is 0 Å². The third kappa shape index (κ3) is 2.75. The summed E-state index contributed by atoms with van der Waals surface area (Å²) in [6, 6.07) is 7.50. The fraction of sp³-hybridized carbons (Fsp3) is 0.462. The molecule has 1 fully saturated rings. The number of anilines is 1. The molecule has 0 radical (unpaired) electrons. The number of carbonyl (C=O) groups is 1. The first kappa shape index (κ1) is 12.3. The van der Waals surface area contributed by atoms with Crippen LogP contribution >= 0.6 is 11.8 Å². The summed E-state index contributed by atoms with van der Waals surface area (Å²) >= 11 is 1.84. The van der Waals surface area contributed by atoms with Crippen molar-refractivity contribution >= 4 is 23.4 Å². The Hall–Kier alpha value is -1.16. The maximum Gasteiger partial charge on any atom is 0.253 e. The smallest absolute Gasteiger partial charge is 0.253 e. The molecule has 1 aromatic rings. The molecule has 1 aliphatic carbocycles. The van der Waals surface area contributed by atoms with Gasteiger partial charge in [0.05, 0.1) is 5.56 Å². The molecule has 0 saturated heterocycles. The molecule has 2 rings (SSSR count). The minimum atomic E-state index is -0.0472. The largest absolute Gasteiger partial charge is 0.398 e. The van der Waals surface area contributed by atoms with Crippen LogP contribution in [0.2, 0.25) is 0 Å². The number of carbonyl (C=O) groups excluding carboxylic acids is 1. The standard InChI is InChI=1S/C13H18N2OS/c1-17-12-8-4-7-11(12)15-13(16)9-5-2-3-6-10(9)14/h2-3,5-6,11-12H,4,7-8,14H2,1H3,(H,15,16). The molecule has 1 aliphatic rings. The van der Waals surface area contributed by atoms with E-state index in [4.69, 9.17) is 5.73 Å². The van der Waals surface area contributed by atoms with Crippen LogP contribution in [0.25, 0.3) is 0 Å². The molecule has 1 saturated carbocycles. The lowest BCUT2D eigenvalue weighted by molar-refractivity contribution is 0.0939. The van der Waals surface area contributed by atoms with Gasteiger partial charge >= 0.3 is 0 Å². The fourth-order valence-corrected chi connectivity index (χ4v) is 3.26. The van der Waals surface area contributed by atoms with Crippen molar-refractivity contribution in [2.45, 2.75) is 30.6 Å². The van der Waals surface area contributed by atoms with Crippen LogP contribution in [0.4, 0.5) is 5.69 Å². The van der Waals surface area contributed by atoms with Gasteiger partial charge in [-0.15, -0.1) is 0 Å². The second kappa shape index (κ2) is 5.45. The van der Waals surface area contributed by atoms with Crippen LogP contribution in [0, 0.1) is 0 Å². The minimum absolute atomic E-state index is 0.0472. The molecule has 3 nitrogen and oxygen atoms in total. The van der Waals surface area contributed by atoms with Gasteiger partial charge in [-0.2, -0.15) is 11.8 Å². The summed E-state index contributed by atoms with van der Waals surface area (Å²) in [5.41, 5.74) is 6.92. The molecule has 0 spiro atoms. The van der Waals surface area contributed by atoms with Gasteiger partial charge in [0.2, 0.25) is 0 Å². The SMILES string of the molecule is CSC1CCCC1NC(=O)c1ccccc1N. The summed E-state index contributed by atoms with van der Waals surface area (Å²) in [4.78, 5) is 12.1. The van der Waals surface area contributed by atoms with Crippen molar-refractivity contribution < 1.29 is 4.79 Å². The first-order chi connectivity index (χ1) is 8.22. The Labute approximate surface area is 106 Å². The van der Waals surface area contributed by atoms with E-state index in [0.29, 0.717) is 16.5 Å². The maximum absolute atomic E-state index is 12.1. The predicted molar refractivity (Wildman–Crippen MR) is 73.3 cm³/mol. The first-order valence-corrected chi connectivity index (χ1v) is 7.19. The molecule has 0 heterocycles. The first-order valence-electron chi connectivity index (χ1n) is 5.90. The molecular weight excluding hydrogens is 232 g/mol. The highest BCUT2D eigenvalue weighted by Gasteiger charge is 2.28. The van der Waals surface area contributed by atoms with E-state index in [2.05, 4.69) is 11.6 Å². The van der Waals surface area contributed by atoms with E-state index >= 15 is 0 Å².